The van der Waals surface area contributed by atoms with Crippen molar-refractivity contribution in [2.45, 2.75) is 6.92 Å². The highest BCUT2D eigenvalue weighted by Crippen LogP contribution is 2.15. The predicted octanol–water partition coefficient (Wildman–Crippen LogP) is 1.73. The number of amides is 1. The Labute approximate surface area is 80.0 Å². The molecule has 0 saturated heterocycles. The van der Waals surface area contributed by atoms with Gasteiger partial charge in [0.2, 0.25) is 0 Å². The van der Waals surface area contributed by atoms with Crippen LogP contribution in [0.1, 0.15) is 5.69 Å². The zero-order valence-corrected chi connectivity index (χ0v) is 7.56. The highest BCUT2D eigenvalue weighted by molar-refractivity contribution is 5.83. The molecule has 2 rings (SSSR count). The second-order valence-corrected chi connectivity index (χ2v) is 2.90. The van der Waals surface area contributed by atoms with Gasteiger partial charge in [0, 0.05) is 6.20 Å². The molecule has 0 atom stereocenters. The number of aromatic nitrogens is 2. The molecule has 1 amide bonds. The maximum absolute atomic E-state index is 10.4. The van der Waals surface area contributed by atoms with Crippen molar-refractivity contribution in [3.05, 3.63) is 30.1 Å². The van der Waals surface area contributed by atoms with Crippen molar-refractivity contribution in [1.29, 1.82) is 0 Å². The fraction of sp³-hybridized carbons (Fsp3) is 0.111. The zero-order valence-electron chi connectivity index (χ0n) is 7.56. The van der Waals surface area contributed by atoms with Gasteiger partial charge in [0.15, 0.2) is 5.82 Å². The fourth-order valence-electron chi connectivity index (χ4n) is 1.34. The molecule has 0 saturated carbocycles. The number of nitrogens with zero attached hydrogens (tertiary/aromatic N) is 2. The Bertz CT molecular complexity index is 490. The van der Waals surface area contributed by atoms with Crippen molar-refractivity contribution < 1.29 is 9.90 Å². The maximum atomic E-state index is 10.4. The first kappa shape index (κ1) is 8.55. The van der Waals surface area contributed by atoms with E-state index in [1.54, 1.807) is 0 Å². The summed E-state index contributed by atoms with van der Waals surface area (Å²) >= 11 is 0. The second-order valence-electron chi connectivity index (χ2n) is 2.90. The van der Waals surface area contributed by atoms with Crippen LogP contribution < -0.4 is 5.32 Å². The average Bonchev–Trinajstić information content (AvgIpc) is 2.44. The van der Waals surface area contributed by atoms with Crippen molar-refractivity contribution in [3.63, 3.8) is 0 Å². The summed E-state index contributed by atoms with van der Waals surface area (Å²) < 4.78 is 1.82. The molecule has 0 aliphatic rings. The lowest BCUT2D eigenvalue weighted by Crippen LogP contribution is -2.08. The van der Waals surface area contributed by atoms with Crippen LogP contribution in [0.4, 0.5) is 10.6 Å². The Morgan fingerprint density at radius 2 is 2.36 bits per heavy atom. The van der Waals surface area contributed by atoms with Gasteiger partial charge in [-0.3, -0.25) is 5.32 Å². The van der Waals surface area contributed by atoms with Crippen LogP contribution in [0.3, 0.4) is 0 Å². The molecule has 2 heterocycles. The van der Waals surface area contributed by atoms with Crippen LogP contribution in [-0.2, 0) is 0 Å². The molecule has 0 fully saturated rings. The first-order valence-corrected chi connectivity index (χ1v) is 4.12. The molecule has 2 aromatic heterocycles. The van der Waals surface area contributed by atoms with Crippen LogP contribution >= 0.6 is 0 Å². The van der Waals surface area contributed by atoms with E-state index in [4.69, 9.17) is 5.11 Å². The summed E-state index contributed by atoms with van der Waals surface area (Å²) in [4.78, 5) is 14.6. The van der Waals surface area contributed by atoms with Crippen LogP contribution in [0.25, 0.3) is 5.65 Å². The number of hydrogen-bond donors (Lipinski definition) is 2. The third-order valence-electron chi connectivity index (χ3n) is 1.99. The van der Waals surface area contributed by atoms with Gasteiger partial charge < -0.3 is 9.51 Å². The molecule has 0 aliphatic heterocycles. The number of nitrogens with one attached hydrogen (secondary N) is 1. The molecule has 0 spiro atoms. The number of hydrogen-bond acceptors (Lipinski definition) is 2. The number of anilines is 1. The van der Waals surface area contributed by atoms with E-state index in [1.807, 2.05) is 35.7 Å². The number of carbonyl (C=O) groups is 1. The molecule has 2 N–H and O–H groups in total. The minimum Gasteiger partial charge on any atom is -0.465 e. The highest BCUT2D eigenvalue weighted by atomic mass is 16.4. The summed E-state index contributed by atoms with van der Waals surface area (Å²) in [6.45, 7) is 1.81. The highest BCUT2D eigenvalue weighted by Gasteiger charge is 2.08. The van der Waals surface area contributed by atoms with Gasteiger partial charge in [-0.2, -0.15) is 0 Å². The number of aryl methyl sites for hydroxylation is 1. The van der Waals surface area contributed by atoms with Crippen LogP contribution in [0.5, 0.6) is 0 Å². The van der Waals surface area contributed by atoms with E-state index in [0.29, 0.717) is 5.82 Å². The number of rotatable bonds is 1. The van der Waals surface area contributed by atoms with Crippen molar-refractivity contribution in [1.82, 2.24) is 9.38 Å². The molecule has 72 valence electrons. The second kappa shape index (κ2) is 3.02. The van der Waals surface area contributed by atoms with Crippen LogP contribution in [-0.4, -0.2) is 20.6 Å². The van der Waals surface area contributed by atoms with Crippen molar-refractivity contribution in [3.8, 4) is 0 Å². The molecule has 5 nitrogen and oxygen atoms in total. The van der Waals surface area contributed by atoms with E-state index in [2.05, 4.69) is 10.3 Å². The minimum absolute atomic E-state index is 0.378. The minimum atomic E-state index is -1.10. The Morgan fingerprint density at radius 1 is 1.57 bits per heavy atom. The summed E-state index contributed by atoms with van der Waals surface area (Å²) in [5.74, 6) is 0.378. The molecule has 0 aromatic carbocycles. The third-order valence-corrected chi connectivity index (χ3v) is 1.99. The maximum Gasteiger partial charge on any atom is 0.410 e. The smallest absolute Gasteiger partial charge is 0.410 e. The lowest BCUT2D eigenvalue weighted by atomic mass is 10.4. The van der Waals surface area contributed by atoms with Gasteiger partial charge >= 0.3 is 6.09 Å². The number of fused-ring (bicyclic) bond motifs is 1. The summed E-state index contributed by atoms with van der Waals surface area (Å²) in [5.41, 5.74) is 1.51. The molecule has 0 aliphatic carbocycles. The Balaban J connectivity index is 2.57. The van der Waals surface area contributed by atoms with Crippen LogP contribution in [0, 0.1) is 6.92 Å². The van der Waals surface area contributed by atoms with E-state index < -0.39 is 6.09 Å². The summed E-state index contributed by atoms with van der Waals surface area (Å²) in [5, 5.41) is 10.8. The lowest BCUT2D eigenvalue weighted by molar-refractivity contribution is 0.209. The Morgan fingerprint density at radius 3 is 3.00 bits per heavy atom. The molecule has 0 unspecified atom stereocenters. The van der Waals surface area contributed by atoms with E-state index in [9.17, 15) is 4.79 Å². The summed E-state index contributed by atoms with van der Waals surface area (Å²) in [6, 6.07) is 5.54. The molecule has 2 aromatic rings. The lowest BCUT2D eigenvalue weighted by Gasteiger charge is -1.96. The third kappa shape index (κ3) is 1.28. The number of carboxylic acid groups (broad SMARTS) is 1. The quantitative estimate of drug-likeness (QED) is 0.721. The molecule has 0 bridgehead atoms. The van der Waals surface area contributed by atoms with Gasteiger partial charge in [0.25, 0.3) is 0 Å². The van der Waals surface area contributed by atoms with Gasteiger partial charge in [0.05, 0.1) is 5.69 Å². The summed E-state index contributed by atoms with van der Waals surface area (Å²) in [6.07, 6.45) is 0.738. The zero-order chi connectivity index (χ0) is 10.1. The standard InChI is InChI=1S/C9H9N3O2/c1-6-8(11-9(13)14)10-7-4-2-3-5-12(6)7/h2-5,11H,1H3,(H,13,14). The van der Waals surface area contributed by atoms with Gasteiger partial charge in [-0.25, -0.2) is 9.78 Å². The first-order chi connectivity index (χ1) is 6.68. The van der Waals surface area contributed by atoms with Crippen LogP contribution in [0.2, 0.25) is 0 Å². The first-order valence-electron chi connectivity index (χ1n) is 4.12. The summed E-state index contributed by atoms with van der Waals surface area (Å²) in [7, 11) is 0. The topological polar surface area (TPSA) is 66.6 Å². The number of imidazole rings is 1. The molecule has 0 radical (unpaired) electrons. The van der Waals surface area contributed by atoms with E-state index in [-0.39, 0.29) is 0 Å². The van der Waals surface area contributed by atoms with Crippen LogP contribution in [0.15, 0.2) is 24.4 Å². The van der Waals surface area contributed by atoms with Crippen molar-refractivity contribution >= 4 is 17.6 Å². The molecular formula is C9H9N3O2. The number of pyridine rings is 1. The normalized spacial score (nSPS) is 10.4. The molecular weight excluding hydrogens is 182 g/mol. The van der Waals surface area contributed by atoms with Crippen molar-refractivity contribution in [2.75, 3.05) is 5.32 Å². The van der Waals surface area contributed by atoms with Gasteiger partial charge in [-0.1, -0.05) is 6.07 Å². The average molecular weight is 191 g/mol. The Hall–Kier alpha value is -2.04. The van der Waals surface area contributed by atoms with E-state index in [1.165, 1.54) is 0 Å². The van der Waals surface area contributed by atoms with Gasteiger partial charge in [0.1, 0.15) is 5.65 Å². The SMILES string of the molecule is Cc1c(NC(=O)O)nc2ccccn12. The van der Waals surface area contributed by atoms with Gasteiger partial charge in [-0.15, -0.1) is 0 Å². The largest absolute Gasteiger partial charge is 0.465 e. The van der Waals surface area contributed by atoms with Gasteiger partial charge in [-0.05, 0) is 19.1 Å². The van der Waals surface area contributed by atoms with E-state index >= 15 is 0 Å². The molecule has 14 heavy (non-hydrogen) atoms. The Kier molecular flexibility index (Phi) is 1.85. The molecule has 5 heteroatoms. The monoisotopic (exact) mass is 191 g/mol. The van der Waals surface area contributed by atoms with E-state index in [0.717, 1.165) is 11.3 Å². The fourth-order valence-corrected chi connectivity index (χ4v) is 1.34. The van der Waals surface area contributed by atoms with Crippen molar-refractivity contribution in [2.24, 2.45) is 0 Å². The predicted molar refractivity (Wildman–Crippen MR) is 51.6 cm³/mol.